The third-order valence-corrected chi connectivity index (χ3v) is 4.18. The molecule has 0 fully saturated rings. The van der Waals surface area contributed by atoms with Gasteiger partial charge in [0.25, 0.3) is 0 Å². The lowest BCUT2D eigenvalue weighted by Crippen LogP contribution is -1.86. The number of hydrogen-bond acceptors (Lipinski definition) is 7. The van der Waals surface area contributed by atoms with Gasteiger partial charge in [-0.15, -0.1) is 24.0 Å². The highest BCUT2D eigenvalue weighted by Gasteiger charge is 2.03. The van der Waals surface area contributed by atoms with Crippen LogP contribution in [0.3, 0.4) is 0 Å². The van der Waals surface area contributed by atoms with Gasteiger partial charge in [0.1, 0.15) is 23.1 Å². The minimum absolute atomic E-state index is 0. The number of nitrogens with two attached hydrogens (primary N) is 1. The zero-order valence-electron chi connectivity index (χ0n) is 13.9. The van der Waals surface area contributed by atoms with Gasteiger partial charge in [0.15, 0.2) is 0 Å². The van der Waals surface area contributed by atoms with Crippen molar-refractivity contribution in [1.29, 1.82) is 15.8 Å². The number of benzene rings is 2. The highest BCUT2D eigenvalue weighted by Crippen LogP contribution is 2.22. The molecule has 0 unspecified atom stereocenters. The summed E-state index contributed by atoms with van der Waals surface area (Å²) in [6.45, 7) is 0. The maximum absolute atomic E-state index is 12.7. The Kier molecular flexibility index (Phi) is 9.25. The number of nitrogen functional groups attached to an aromatic ring is 1. The number of nitrogens with zero attached hydrogens (tertiary/aromatic N) is 4. The molecule has 0 saturated heterocycles. The summed E-state index contributed by atoms with van der Waals surface area (Å²) in [6.07, 6.45) is 0.293. The second-order valence-electron chi connectivity index (χ2n) is 4.75. The maximum Gasteiger partial charge on any atom is 0.124 e. The molecule has 0 radical (unpaired) electrons. The van der Waals surface area contributed by atoms with E-state index in [4.69, 9.17) is 21.5 Å². The smallest absolute Gasteiger partial charge is 0.124 e. The largest absolute Gasteiger partial charge is 0.398 e. The third-order valence-electron chi connectivity index (χ3n) is 2.78. The van der Waals surface area contributed by atoms with Crippen LogP contribution < -0.4 is 5.73 Å². The van der Waals surface area contributed by atoms with Crippen LogP contribution in [0.1, 0.15) is 11.4 Å². The lowest BCUT2D eigenvalue weighted by molar-refractivity contribution is 0.624. The van der Waals surface area contributed by atoms with Gasteiger partial charge in [0, 0.05) is 10.6 Å². The Balaban J connectivity index is 0.000000227. The van der Waals surface area contributed by atoms with E-state index >= 15 is 0 Å². The van der Waals surface area contributed by atoms with E-state index in [9.17, 15) is 8.78 Å². The van der Waals surface area contributed by atoms with Crippen LogP contribution in [-0.4, -0.2) is 4.98 Å². The number of fused-ring (bicyclic) bond motifs is 1. The van der Waals surface area contributed by atoms with Crippen LogP contribution in [0.2, 0.25) is 0 Å². The maximum atomic E-state index is 12.7. The Bertz CT molecular complexity index is 1020. The third kappa shape index (κ3) is 7.70. The normalized spacial score (nSPS) is 8.89. The van der Waals surface area contributed by atoms with E-state index in [1.165, 1.54) is 41.7 Å². The van der Waals surface area contributed by atoms with Crippen molar-refractivity contribution in [3.8, 4) is 18.2 Å². The van der Waals surface area contributed by atoms with Gasteiger partial charge in [-0.3, -0.25) is 0 Å². The molecule has 1 aromatic heterocycles. The fourth-order valence-electron chi connectivity index (χ4n) is 1.64. The van der Waals surface area contributed by atoms with Crippen molar-refractivity contribution >= 4 is 39.9 Å². The number of nitriles is 3. The van der Waals surface area contributed by atoms with E-state index in [-0.39, 0.29) is 18.1 Å². The first-order valence-electron chi connectivity index (χ1n) is 7.31. The highest BCUT2D eigenvalue weighted by atomic mass is 32.1. The summed E-state index contributed by atoms with van der Waals surface area (Å²) < 4.78 is 25.8. The Labute approximate surface area is 164 Å². The van der Waals surface area contributed by atoms with Gasteiger partial charge in [-0.05, 0) is 36.4 Å². The molecule has 0 bridgehead atoms. The lowest BCUT2D eigenvalue weighted by Gasteiger charge is -1.95. The van der Waals surface area contributed by atoms with Gasteiger partial charge in [-0.2, -0.15) is 15.8 Å². The predicted molar refractivity (Wildman–Crippen MR) is 103 cm³/mol. The van der Waals surface area contributed by atoms with Crippen molar-refractivity contribution < 1.29 is 8.78 Å². The minimum Gasteiger partial charge on any atom is -0.398 e. The SMILES string of the molecule is N#CCC#N.N#CCc1nc2ccc(F)cc2s1.Nc1ccc(F)cc1S. The molecule has 0 saturated carbocycles. The van der Waals surface area contributed by atoms with Crippen LogP contribution in [0.25, 0.3) is 10.2 Å². The molecular weight excluding hydrogens is 388 g/mol. The number of thiazole rings is 1. The average molecular weight is 401 g/mol. The molecule has 0 atom stereocenters. The zero-order chi connectivity index (χ0) is 20.2. The van der Waals surface area contributed by atoms with E-state index in [0.29, 0.717) is 17.0 Å². The zero-order valence-corrected chi connectivity index (χ0v) is 15.6. The summed E-state index contributed by atoms with van der Waals surface area (Å²) in [7, 11) is 0. The molecular formula is C18H13F2N5S2. The molecule has 2 N–H and O–H groups in total. The number of rotatable bonds is 1. The summed E-state index contributed by atoms with van der Waals surface area (Å²) >= 11 is 5.26. The summed E-state index contributed by atoms with van der Waals surface area (Å²) in [6, 6.07) is 13.8. The highest BCUT2D eigenvalue weighted by molar-refractivity contribution is 7.80. The molecule has 0 aliphatic heterocycles. The van der Waals surface area contributed by atoms with Gasteiger partial charge >= 0.3 is 0 Å². The second-order valence-corrected chi connectivity index (χ2v) is 6.35. The first-order valence-corrected chi connectivity index (χ1v) is 8.57. The summed E-state index contributed by atoms with van der Waals surface area (Å²) in [4.78, 5) is 4.65. The van der Waals surface area contributed by atoms with Crippen molar-refractivity contribution in [3.63, 3.8) is 0 Å². The Morgan fingerprint density at radius 3 is 2.15 bits per heavy atom. The van der Waals surface area contributed by atoms with Crippen LogP contribution in [0.15, 0.2) is 41.3 Å². The topological polar surface area (TPSA) is 110 Å². The molecule has 136 valence electrons. The first kappa shape index (κ1) is 21.9. The van der Waals surface area contributed by atoms with Crippen molar-refractivity contribution in [3.05, 3.63) is 53.0 Å². The monoisotopic (exact) mass is 401 g/mol. The van der Waals surface area contributed by atoms with E-state index in [1.54, 1.807) is 18.2 Å². The van der Waals surface area contributed by atoms with Crippen LogP contribution in [-0.2, 0) is 6.42 Å². The molecule has 2 aromatic carbocycles. The molecule has 0 aliphatic carbocycles. The molecule has 0 aliphatic rings. The number of halogens is 2. The molecule has 1 heterocycles. The summed E-state index contributed by atoms with van der Waals surface area (Å²) in [5.41, 5.74) is 6.61. The van der Waals surface area contributed by atoms with E-state index < -0.39 is 0 Å². The molecule has 0 spiro atoms. The molecule has 3 rings (SSSR count). The summed E-state index contributed by atoms with van der Waals surface area (Å²) in [5.74, 6) is -0.575. The fraction of sp³-hybridized carbons (Fsp3) is 0.111. The van der Waals surface area contributed by atoms with Gasteiger partial charge in [-0.25, -0.2) is 13.8 Å². The average Bonchev–Trinajstić information content (AvgIpc) is 3.02. The Hall–Kier alpha value is -3.19. The number of aromatic nitrogens is 1. The van der Waals surface area contributed by atoms with Crippen LogP contribution in [0.4, 0.5) is 14.5 Å². The second kappa shape index (κ2) is 11.4. The predicted octanol–water partition coefficient (Wildman–Crippen LogP) is 4.62. The molecule has 27 heavy (non-hydrogen) atoms. The molecule has 3 aromatic rings. The molecule has 9 heteroatoms. The van der Waals surface area contributed by atoms with E-state index in [1.807, 2.05) is 6.07 Å². The van der Waals surface area contributed by atoms with Gasteiger partial charge in [-0.1, -0.05) is 0 Å². The quantitative estimate of drug-likeness (QED) is 0.456. The van der Waals surface area contributed by atoms with E-state index in [2.05, 4.69) is 17.6 Å². The number of hydrogen-bond donors (Lipinski definition) is 2. The van der Waals surface area contributed by atoms with Crippen LogP contribution in [0.5, 0.6) is 0 Å². The number of thiol groups is 1. The van der Waals surface area contributed by atoms with Crippen molar-refractivity contribution in [2.24, 2.45) is 0 Å². The Morgan fingerprint density at radius 2 is 1.63 bits per heavy atom. The van der Waals surface area contributed by atoms with Crippen molar-refractivity contribution in [1.82, 2.24) is 4.98 Å². The van der Waals surface area contributed by atoms with Crippen LogP contribution in [0, 0.1) is 45.6 Å². The molecule has 0 amide bonds. The van der Waals surface area contributed by atoms with Gasteiger partial charge in [0.2, 0.25) is 0 Å². The van der Waals surface area contributed by atoms with E-state index in [0.717, 1.165) is 15.2 Å². The summed E-state index contributed by atoms with van der Waals surface area (Å²) in [5, 5.41) is 24.4. The minimum atomic E-state index is -0.311. The van der Waals surface area contributed by atoms with Gasteiger partial charge in [0.05, 0.1) is 34.8 Å². The first-order chi connectivity index (χ1) is 12.9. The standard InChI is InChI=1S/C9H5FN2S.C6H6FNS.C3H2N2/c10-6-1-2-7-8(5-6)13-9(12-7)3-4-11;7-4-1-2-5(8)6(9)3-4;4-2-1-3-5/h1-2,5H,3H2;1-3,9H,8H2;1H2. The Morgan fingerprint density at radius 1 is 1.00 bits per heavy atom. The van der Waals surface area contributed by atoms with Gasteiger partial charge < -0.3 is 5.73 Å². The van der Waals surface area contributed by atoms with Crippen molar-refractivity contribution in [2.75, 3.05) is 5.73 Å². The fourth-order valence-corrected chi connectivity index (χ4v) is 2.76. The lowest BCUT2D eigenvalue weighted by atomic mass is 10.3. The number of anilines is 1. The van der Waals surface area contributed by atoms with Crippen LogP contribution >= 0.6 is 24.0 Å². The van der Waals surface area contributed by atoms with Crippen molar-refractivity contribution in [2.45, 2.75) is 17.7 Å². The molecule has 5 nitrogen and oxygen atoms in total.